The van der Waals surface area contributed by atoms with Crippen LogP contribution in [-0.2, 0) is 11.2 Å². The summed E-state index contributed by atoms with van der Waals surface area (Å²) in [5.41, 5.74) is 1.20. The second-order valence-electron chi connectivity index (χ2n) is 3.68. The van der Waals surface area contributed by atoms with E-state index >= 15 is 0 Å². The van der Waals surface area contributed by atoms with Gasteiger partial charge < -0.3 is 5.32 Å². The Hall–Kier alpha value is -1.22. The number of carbonyl (C=O) groups is 1. The highest BCUT2D eigenvalue weighted by Gasteiger charge is 2.21. The zero-order chi connectivity index (χ0) is 9.80. The molecule has 1 unspecified atom stereocenters. The van der Waals surface area contributed by atoms with Gasteiger partial charge in [0.25, 0.3) is 0 Å². The van der Waals surface area contributed by atoms with Crippen molar-refractivity contribution in [3.05, 3.63) is 30.1 Å². The van der Waals surface area contributed by atoms with Crippen LogP contribution in [-0.4, -0.2) is 23.9 Å². The predicted molar refractivity (Wildman–Crippen MR) is 53.9 cm³/mol. The summed E-state index contributed by atoms with van der Waals surface area (Å²) in [4.78, 5) is 15.5. The first-order valence-electron chi connectivity index (χ1n) is 4.98. The lowest BCUT2D eigenvalue weighted by Crippen LogP contribution is -2.37. The molecule has 1 aliphatic heterocycles. The molecule has 74 valence electrons. The molecule has 1 aliphatic rings. The highest BCUT2D eigenvalue weighted by atomic mass is 16.1. The van der Waals surface area contributed by atoms with Crippen molar-refractivity contribution < 1.29 is 4.79 Å². The van der Waals surface area contributed by atoms with Gasteiger partial charge >= 0.3 is 0 Å². The summed E-state index contributed by atoms with van der Waals surface area (Å²) < 4.78 is 0. The predicted octanol–water partition coefficient (Wildman–Crippen LogP) is 0.803. The summed E-state index contributed by atoms with van der Waals surface area (Å²) in [6.45, 7) is 1.66. The zero-order valence-electron chi connectivity index (χ0n) is 8.07. The largest absolute Gasteiger partial charge is 0.316 e. The fraction of sp³-hybridized carbons (Fsp3) is 0.455. The number of aromatic nitrogens is 1. The van der Waals surface area contributed by atoms with Gasteiger partial charge in [0, 0.05) is 37.8 Å². The lowest BCUT2D eigenvalue weighted by atomic mass is 9.91. The third-order valence-electron chi connectivity index (χ3n) is 2.63. The minimum absolute atomic E-state index is 0.158. The van der Waals surface area contributed by atoms with E-state index in [0.717, 1.165) is 19.5 Å². The smallest absolute Gasteiger partial charge is 0.138 e. The van der Waals surface area contributed by atoms with Crippen LogP contribution in [0.4, 0.5) is 0 Å². The quantitative estimate of drug-likeness (QED) is 0.750. The van der Waals surface area contributed by atoms with Crippen molar-refractivity contribution in [1.29, 1.82) is 0 Å². The third kappa shape index (κ3) is 2.17. The van der Waals surface area contributed by atoms with Gasteiger partial charge in [0.1, 0.15) is 5.78 Å². The summed E-state index contributed by atoms with van der Waals surface area (Å²) in [5, 5.41) is 3.25. The van der Waals surface area contributed by atoms with E-state index in [9.17, 15) is 4.79 Å². The monoisotopic (exact) mass is 190 g/mol. The van der Waals surface area contributed by atoms with E-state index in [1.807, 2.05) is 12.1 Å². The fourth-order valence-corrected chi connectivity index (χ4v) is 1.80. The van der Waals surface area contributed by atoms with Crippen LogP contribution in [0.1, 0.15) is 12.0 Å². The van der Waals surface area contributed by atoms with Crippen molar-refractivity contribution in [2.75, 3.05) is 13.1 Å². The van der Waals surface area contributed by atoms with Crippen LogP contribution in [0.3, 0.4) is 0 Å². The van der Waals surface area contributed by atoms with Crippen LogP contribution < -0.4 is 5.32 Å². The standard InChI is InChI=1S/C11H14N2O/c14-11-3-6-13-8-10(11)7-9-1-4-12-5-2-9/h1-2,4-5,10,13H,3,6-8H2. The van der Waals surface area contributed by atoms with Crippen molar-refractivity contribution in [3.8, 4) is 0 Å². The number of piperidine rings is 1. The molecule has 1 aromatic rings. The van der Waals surface area contributed by atoms with Crippen molar-refractivity contribution in [1.82, 2.24) is 10.3 Å². The van der Waals surface area contributed by atoms with Crippen LogP contribution in [0.15, 0.2) is 24.5 Å². The van der Waals surface area contributed by atoms with E-state index < -0.39 is 0 Å². The minimum Gasteiger partial charge on any atom is -0.316 e. The zero-order valence-corrected chi connectivity index (χ0v) is 8.07. The maximum atomic E-state index is 11.5. The lowest BCUT2D eigenvalue weighted by Gasteiger charge is -2.21. The number of pyridine rings is 1. The Morgan fingerprint density at radius 1 is 1.43 bits per heavy atom. The van der Waals surface area contributed by atoms with E-state index in [0.29, 0.717) is 12.2 Å². The van der Waals surface area contributed by atoms with E-state index in [4.69, 9.17) is 0 Å². The van der Waals surface area contributed by atoms with Gasteiger partial charge in [-0.15, -0.1) is 0 Å². The van der Waals surface area contributed by atoms with Gasteiger partial charge in [-0.05, 0) is 24.1 Å². The molecule has 1 atom stereocenters. The molecular formula is C11H14N2O. The Bertz CT molecular complexity index is 310. The molecule has 0 saturated carbocycles. The van der Waals surface area contributed by atoms with E-state index in [2.05, 4.69) is 10.3 Å². The Labute approximate surface area is 83.5 Å². The molecule has 1 fully saturated rings. The van der Waals surface area contributed by atoms with Crippen molar-refractivity contribution in [2.45, 2.75) is 12.8 Å². The van der Waals surface area contributed by atoms with E-state index in [1.54, 1.807) is 12.4 Å². The Morgan fingerprint density at radius 2 is 2.21 bits per heavy atom. The van der Waals surface area contributed by atoms with Crippen LogP contribution >= 0.6 is 0 Å². The first-order chi connectivity index (χ1) is 6.86. The molecule has 0 bridgehead atoms. The van der Waals surface area contributed by atoms with Gasteiger partial charge in [-0.3, -0.25) is 9.78 Å². The number of ketones is 1. The number of nitrogens with one attached hydrogen (secondary N) is 1. The number of hydrogen-bond donors (Lipinski definition) is 1. The van der Waals surface area contributed by atoms with Gasteiger partial charge in [-0.25, -0.2) is 0 Å². The minimum atomic E-state index is 0.158. The molecule has 14 heavy (non-hydrogen) atoms. The highest BCUT2D eigenvalue weighted by Crippen LogP contribution is 2.12. The normalized spacial score (nSPS) is 22.3. The maximum absolute atomic E-state index is 11.5. The van der Waals surface area contributed by atoms with E-state index in [1.165, 1.54) is 5.56 Å². The Balaban J connectivity index is 2.00. The van der Waals surface area contributed by atoms with E-state index in [-0.39, 0.29) is 5.92 Å². The molecule has 1 aromatic heterocycles. The van der Waals surface area contributed by atoms with Gasteiger partial charge in [0.2, 0.25) is 0 Å². The summed E-state index contributed by atoms with van der Waals surface area (Å²) in [7, 11) is 0. The SMILES string of the molecule is O=C1CCNCC1Cc1ccncc1. The molecule has 0 radical (unpaired) electrons. The number of nitrogens with zero attached hydrogens (tertiary/aromatic N) is 1. The third-order valence-corrected chi connectivity index (χ3v) is 2.63. The van der Waals surface area contributed by atoms with Gasteiger partial charge in [0.15, 0.2) is 0 Å². The molecule has 3 heteroatoms. The van der Waals surface area contributed by atoms with Gasteiger partial charge in [-0.2, -0.15) is 0 Å². The van der Waals surface area contributed by atoms with Crippen molar-refractivity contribution in [2.24, 2.45) is 5.92 Å². The molecule has 3 nitrogen and oxygen atoms in total. The van der Waals surface area contributed by atoms with Crippen LogP contribution in [0, 0.1) is 5.92 Å². The molecule has 1 saturated heterocycles. The number of Topliss-reactive ketones (excluding diaryl/α,β-unsaturated/α-hetero) is 1. The summed E-state index contributed by atoms with van der Waals surface area (Å²) in [6.07, 6.45) is 5.07. The second kappa shape index (κ2) is 4.33. The molecule has 2 heterocycles. The summed E-state index contributed by atoms with van der Waals surface area (Å²) >= 11 is 0. The Kier molecular flexibility index (Phi) is 2.89. The van der Waals surface area contributed by atoms with Crippen LogP contribution in [0.25, 0.3) is 0 Å². The number of rotatable bonds is 2. The molecular weight excluding hydrogens is 176 g/mol. The number of hydrogen-bond acceptors (Lipinski definition) is 3. The van der Waals surface area contributed by atoms with Crippen LogP contribution in [0.2, 0.25) is 0 Å². The second-order valence-corrected chi connectivity index (χ2v) is 3.68. The molecule has 0 amide bonds. The topological polar surface area (TPSA) is 42.0 Å². The molecule has 1 N–H and O–H groups in total. The molecule has 0 spiro atoms. The summed E-state index contributed by atoms with van der Waals surface area (Å²) in [6, 6.07) is 3.95. The maximum Gasteiger partial charge on any atom is 0.138 e. The lowest BCUT2D eigenvalue weighted by molar-refractivity contribution is -0.123. The average Bonchev–Trinajstić information content (AvgIpc) is 2.23. The van der Waals surface area contributed by atoms with Crippen molar-refractivity contribution >= 4 is 5.78 Å². The average molecular weight is 190 g/mol. The Morgan fingerprint density at radius 3 is 2.93 bits per heavy atom. The van der Waals surface area contributed by atoms with Crippen molar-refractivity contribution in [3.63, 3.8) is 0 Å². The first-order valence-corrected chi connectivity index (χ1v) is 4.98. The summed E-state index contributed by atoms with van der Waals surface area (Å²) in [5.74, 6) is 0.548. The first kappa shape index (κ1) is 9.34. The number of carbonyl (C=O) groups excluding carboxylic acids is 1. The molecule has 0 aliphatic carbocycles. The van der Waals surface area contributed by atoms with Gasteiger partial charge in [0.05, 0.1) is 0 Å². The molecule has 0 aromatic carbocycles. The molecule has 2 rings (SSSR count). The van der Waals surface area contributed by atoms with Crippen LogP contribution in [0.5, 0.6) is 0 Å². The fourth-order valence-electron chi connectivity index (χ4n) is 1.80. The van der Waals surface area contributed by atoms with Gasteiger partial charge in [-0.1, -0.05) is 0 Å². The highest BCUT2D eigenvalue weighted by molar-refractivity contribution is 5.82.